The Labute approximate surface area is 168 Å². The molecule has 2 fully saturated rings. The van der Waals surface area contributed by atoms with Gasteiger partial charge in [-0.3, -0.25) is 4.79 Å². The summed E-state index contributed by atoms with van der Waals surface area (Å²) in [6.07, 6.45) is 2.46. The molecule has 1 aromatic heterocycles. The van der Waals surface area contributed by atoms with Crippen molar-refractivity contribution in [1.29, 1.82) is 0 Å². The van der Waals surface area contributed by atoms with Gasteiger partial charge in [-0.1, -0.05) is 15.9 Å². The van der Waals surface area contributed by atoms with Gasteiger partial charge < -0.3 is 14.7 Å². The van der Waals surface area contributed by atoms with E-state index in [1.807, 2.05) is 36.1 Å². The number of amides is 1. The van der Waals surface area contributed by atoms with Crippen molar-refractivity contribution in [2.75, 3.05) is 49.1 Å². The number of halogens is 1. The molecular weight excluding hydrogens is 406 g/mol. The SMILES string of the molecule is Cc1nc(N2CCCC2)cc(N2CCN(C(=O)c3ccc(Br)cc3)CC2)n1. The molecule has 0 saturated carbocycles. The van der Waals surface area contributed by atoms with Crippen molar-refractivity contribution >= 4 is 33.5 Å². The van der Waals surface area contributed by atoms with Crippen LogP contribution in [-0.4, -0.2) is 60.0 Å². The van der Waals surface area contributed by atoms with Crippen LogP contribution in [0.5, 0.6) is 0 Å². The number of anilines is 2. The van der Waals surface area contributed by atoms with Gasteiger partial charge in [0.05, 0.1) is 0 Å². The molecule has 27 heavy (non-hydrogen) atoms. The van der Waals surface area contributed by atoms with Crippen LogP contribution >= 0.6 is 15.9 Å². The van der Waals surface area contributed by atoms with E-state index >= 15 is 0 Å². The highest BCUT2D eigenvalue weighted by molar-refractivity contribution is 9.10. The summed E-state index contributed by atoms with van der Waals surface area (Å²) in [7, 11) is 0. The first-order chi connectivity index (χ1) is 13.1. The van der Waals surface area contributed by atoms with Gasteiger partial charge in [-0.2, -0.15) is 0 Å². The number of hydrogen-bond acceptors (Lipinski definition) is 5. The van der Waals surface area contributed by atoms with Crippen LogP contribution in [0.2, 0.25) is 0 Å². The molecule has 0 atom stereocenters. The van der Waals surface area contributed by atoms with Crippen molar-refractivity contribution in [3.05, 3.63) is 46.2 Å². The van der Waals surface area contributed by atoms with Gasteiger partial charge >= 0.3 is 0 Å². The standard InChI is InChI=1S/C20H24BrN5O/c1-15-22-18(24-8-2-3-9-24)14-19(23-15)25-10-12-26(13-11-25)20(27)16-4-6-17(21)7-5-16/h4-7,14H,2-3,8-13H2,1H3. The van der Waals surface area contributed by atoms with Crippen LogP contribution in [0.25, 0.3) is 0 Å². The lowest BCUT2D eigenvalue weighted by Crippen LogP contribution is -2.49. The second-order valence-corrected chi connectivity index (χ2v) is 8.03. The third-order valence-electron chi connectivity index (χ3n) is 5.22. The summed E-state index contributed by atoms with van der Waals surface area (Å²) < 4.78 is 0.983. The Morgan fingerprint density at radius 1 is 0.889 bits per heavy atom. The first kappa shape index (κ1) is 18.2. The van der Waals surface area contributed by atoms with E-state index in [9.17, 15) is 4.79 Å². The van der Waals surface area contributed by atoms with Gasteiger partial charge in [-0.05, 0) is 44.0 Å². The number of benzene rings is 1. The maximum absolute atomic E-state index is 12.7. The van der Waals surface area contributed by atoms with Crippen molar-refractivity contribution in [3.8, 4) is 0 Å². The maximum atomic E-state index is 12.7. The first-order valence-corrected chi connectivity index (χ1v) is 10.3. The Morgan fingerprint density at radius 2 is 1.44 bits per heavy atom. The molecule has 142 valence electrons. The van der Waals surface area contributed by atoms with Crippen LogP contribution in [-0.2, 0) is 0 Å². The zero-order valence-electron chi connectivity index (χ0n) is 15.6. The van der Waals surface area contributed by atoms with E-state index in [1.165, 1.54) is 12.8 Å². The number of carbonyl (C=O) groups is 1. The number of carbonyl (C=O) groups excluding carboxylic acids is 1. The van der Waals surface area contributed by atoms with Crippen LogP contribution in [0, 0.1) is 6.92 Å². The van der Waals surface area contributed by atoms with Gasteiger partial charge in [0.2, 0.25) is 0 Å². The smallest absolute Gasteiger partial charge is 0.253 e. The van der Waals surface area contributed by atoms with E-state index in [2.05, 4.69) is 41.8 Å². The molecule has 2 saturated heterocycles. The lowest BCUT2D eigenvalue weighted by Gasteiger charge is -2.35. The van der Waals surface area contributed by atoms with Gasteiger partial charge in [0.1, 0.15) is 17.5 Å². The topological polar surface area (TPSA) is 52.6 Å². The second kappa shape index (κ2) is 7.84. The molecule has 0 aliphatic carbocycles. The van der Waals surface area contributed by atoms with Gasteiger partial charge in [0.15, 0.2) is 0 Å². The van der Waals surface area contributed by atoms with Crippen LogP contribution in [0.15, 0.2) is 34.8 Å². The van der Waals surface area contributed by atoms with Gasteiger partial charge in [-0.25, -0.2) is 9.97 Å². The number of nitrogens with zero attached hydrogens (tertiary/aromatic N) is 5. The first-order valence-electron chi connectivity index (χ1n) is 9.50. The number of aryl methyl sites for hydroxylation is 1. The van der Waals surface area contributed by atoms with Crippen LogP contribution in [0.1, 0.15) is 29.0 Å². The molecule has 0 radical (unpaired) electrons. The van der Waals surface area contributed by atoms with Crippen molar-refractivity contribution in [2.24, 2.45) is 0 Å². The van der Waals surface area contributed by atoms with Crippen molar-refractivity contribution in [3.63, 3.8) is 0 Å². The minimum absolute atomic E-state index is 0.0961. The Morgan fingerprint density at radius 3 is 2.04 bits per heavy atom. The highest BCUT2D eigenvalue weighted by Crippen LogP contribution is 2.23. The molecule has 1 aromatic carbocycles. The van der Waals surface area contributed by atoms with E-state index in [-0.39, 0.29) is 5.91 Å². The van der Waals surface area contributed by atoms with E-state index in [0.717, 1.165) is 53.7 Å². The monoisotopic (exact) mass is 429 g/mol. The molecule has 0 N–H and O–H groups in total. The van der Waals surface area contributed by atoms with Crippen LogP contribution in [0.4, 0.5) is 11.6 Å². The van der Waals surface area contributed by atoms with Crippen LogP contribution in [0.3, 0.4) is 0 Å². The Kier molecular flexibility index (Phi) is 5.29. The molecule has 0 spiro atoms. The number of rotatable bonds is 3. The molecule has 0 unspecified atom stereocenters. The summed E-state index contributed by atoms with van der Waals surface area (Å²) in [5, 5.41) is 0. The summed E-state index contributed by atoms with van der Waals surface area (Å²) in [6.45, 7) is 7.09. The Balaban J connectivity index is 1.43. The minimum Gasteiger partial charge on any atom is -0.356 e. The third kappa shape index (κ3) is 4.08. The Hall–Kier alpha value is -2.15. The van der Waals surface area contributed by atoms with Crippen LogP contribution < -0.4 is 9.80 Å². The summed E-state index contributed by atoms with van der Waals surface area (Å²) in [6, 6.07) is 9.66. The number of aromatic nitrogens is 2. The summed E-state index contributed by atoms with van der Waals surface area (Å²) in [5.74, 6) is 2.91. The molecule has 3 heterocycles. The molecule has 1 amide bonds. The van der Waals surface area contributed by atoms with Crippen molar-refractivity contribution in [1.82, 2.24) is 14.9 Å². The van der Waals surface area contributed by atoms with E-state index < -0.39 is 0 Å². The predicted molar refractivity (Wildman–Crippen MR) is 110 cm³/mol. The average Bonchev–Trinajstić information content (AvgIpc) is 3.23. The second-order valence-electron chi connectivity index (χ2n) is 7.11. The van der Waals surface area contributed by atoms with Gasteiger partial charge in [-0.15, -0.1) is 0 Å². The molecule has 4 rings (SSSR count). The normalized spacial score (nSPS) is 17.5. The van der Waals surface area contributed by atoms with Crippen molar-refractivity contribution in [2.45, 2.75) is 19.8 Å². The fraction of sp³-hybridized carbons (Fsp3) is 0.450. The quantitative estimate of drug-likeness (QED) is 0.749. The largest absolute Gasteiger partial charge is 0.356 e. The third-order valence-corrected chi connectivity index (χ3v) is 5.75. The molecule has 0 bridgehead atoms. The maximum Gasteiger partial charge on any atom is 0.253 e. The van der Waals surface area contributed by atoms with E-state index in [4.69, 9.17) is 0 Å². The molecule has 2 aliphatic rings. The van der Waals surface area contributed by atoms with E-state index in [1.54, 1.807) is 0 Å². The van der Waals surface area contributed by atoms with Crippen molar-refractivity contribution < 1.29 is 4.79 Å². The zero-order valence-corrected chi connectivity index (χ0v) is 17.2. The number of hydrogen-bond donors (Lipinski definition) is 0. The zero-order chi connectivity index (χ0) is 18.8. The van der Waals surface area contributed by atoms with Gasteiger partial charge in [0.25, 0.3) is 5.91 Å². The molecule has 2 aliphatic heterocycles. The predicted octanol–water partition coefficient (Wildman–Crippen LogP) is 3.11. The highest BCUT2D eigenvalue weighted by atomic mass is 79.9. The molecule has 2 aromatic rings. The summed E-state index contributed by atoms with van der Waals surface area (Å²) in [5.41, 5.74) is 0.737. The average molecular weight is 430 g/mol. The molecule has 6 nitrogen and oxygen atoms in total. The summed E-state index contributed by atoms with van der Waals surface area (Å²) in [4.78, 5) is 28.5. The lowest BCUT2D eigenvalue weighted by atomic mass is 10.2. The van der Waals surface area contributed by atoms with E-state index in [0.29, 0.717) is 13.1 Å². The lowest BCUT2D eigenvalue weighted by molar-refractivity contribution is 0.0746. The summed E-state index contributed by atoms with van der Waals surface area (Å²) >= 11 is 3.41. The molecular formula is C20H24BrN5O. The molecule has 7 heteroatoms. The number of piperazine rings is 1. The highest BCUT2D eigenvalue weighted by Gasteiger charge is 2.24. The Bertz CT molecular complexity index is 812. The fourth-order valence-corrected chi connectivity index (χ4v) is 3.98. The minimum atomic E-state index is 0.0961. The van der Waals surface area contributed by atoms with Gasteiger partial charge in [0, 0.05) is 55.4 Å². The fourth-order valence-electron chi connectivity index (χ4n) is 3.72.